The molecule has 0 radical (unpaired) electrons. The van der Waals surface area contributed by atoms with Crippen LogP contribution in [0, 0.1) is 0 Å². The lowest BCUT2D eigenvalue weighted by Gasteiger charge is -2.40. The lowest BCUT2D eigenvalue weighted by atomic mass is 9.98. The lowest BCUT2D eigenvalue weighted by Crippen LogP contribution is -2.61. The highest BCUT2D eigenvalue weighted by molar-refractivity contribution is 5.74. The van der Waals surface area contributed by atoms with Crippen molar-refractivity contribution in [3.05, 3.63) is 48.6 Å². The minimum absolute atomic E-state index is 0.0616. The predicted molar refractivity (Wildman–Crippen MR) is 312 cm³/mol. The van der Waals surface area contributed by atoms with Crippen molar-refractivity contribution in [3.63, 3.8) is 0 Å². The summed E-state index contributed by atoms with van der Waals surface area (Å²) in [4.78, 5) is 51.2. The molecule has 1 aliphatic heterocycles. The van der Waals surface area contributed by atoms with Crippen LogP contribution in [-0.4, -0.2) is 89.2 Å². The van der Waals surface area contributed by atoms with E-state index in [9.17, 15) is 34.5 Å². The molecule has 0 bridgehead atoms. The van der Waals surface area contributed by atoms with Crippen LogP contribution in [0.2, 0.25) is 0 Å². The molecule has 0 spiro atoms. The maximum absolute atomic E-state index is 13.2. The van der Waals surface area contributed by atoms with Gasteiger partial charge in [0.25, 0.3) is 0 Å². The van der Waals surface area contributed by atoms with Crippen LogP contribution >= 0.6 is 0 Å². The monoisotopic (exact) mass is 1090 g/mol. The Morgan fingerprint density at radius 1 is 0.429 bits per heavy atom. The number of carboxylic acid groups (broad SMARTS) is 1. The first-order valence-corrected chi connectivity index (χ1v) is 31.6. The molecule has 1 rings (SSSR count). The van der Waals surface area contributed by atoms with Crippen molar-refractivity contribution in [1.29, 1.82) is 0 Å². The molecule has 0 amide bonds. The van der Waals surface area contributed by atoms with Gasteiger partial charge >= 0.3 is 23.9 Å². The van der Waals surface area contributed by atoms with Gasteiger partial charge in [-0.15, -0.1) is 0 Å². The molecule has 446 valence electrons. The van der Waals surface area contributed by atoms with Gasteiger partial charge in [0, 0.05) is 19.3 Å². The van der Waals surface area contributed by atoms with Crippen molar-refractivity contribution in [1.82, 2.24) is 0 Å². The molecule has 0 aromatic heterocycles. The molecule has 1 fully saturated rings. The van der Waals surface area contributed by atoms with E-state index in [1.165, 1.54) is 116 Å². The van der Waals surface area contributed by atoms with Crippen molar-refractivity contribution in [3.8, 4) is 0 Å². The highest BCUT2D eigenvalue weighted by Gasteiger charge is 2.50. The van der Waals surface area contributed by atoms with E-state index in [1.807, 2.05) is 0 Å². The first-order valence-electron chi connectivity index (χ1n) is 31.6. The molecular weight excluding hydrogens is 973 g/mol. The topological polar surface area (TPSA) is 175 Å². The second-order valence-corrected chi connectivity index (χ2v) is 21.7. The number of hydrogen-bond acceptors (Lipinski definition) is 11. The van der Waals surface area contributed by atoms with E-state index in [1.54, 1.807) is 0 Å². The molecule has 12 heteroatoms. The van der Waals surface area contributed by atoms with Gasteiger partial charge < -0.3 is 39.0 Å². The Hall–Kier alpha value is -3.32. The Bertz CT molecular complexity index is 1520. The molecule has 0 aromatic carbocycles. The Balaban J connectivity index is 2.68. The van der Waals surface area contributed by atoms with Crippen LogP contribution in [-0.2, 0) is 42.9 Å². The van der Waals surface area contributed by atoms with E-state index >= 15 is 0 Å². The van der Waals surface area contributed by atoms with Gasteiger partial charge in [-0.1, -0.05) is 236 Å². The van der Waals surface area contributed by atoms with Crippen molar-refractivity contribution in [2.45, 2.75) is 327 Å². The van der Waals surface area contributed by atoms with E-state index < -0.39 is 67.3 Å². The minimum Gasteiger partial charge on any atom is -0.479 e. The van der Waals surface area contributed by atoms with E-state index in [0.29, 0.717) is 19.3 Å². The molecule has 1 aliphatic rings. The SMILES string of the molecule is CCCCC/C=C\C/C=C\CCCCCCCC(=O)OCC(COC1OC(C(=O)O)C(O)C(O)C1OC(=O)CCCCCCCCCCCCCCCCCCC)OC(=O)CCCCCCC/C=C\C/C=C\CCCCC. The van der Waals surface area contributed by atoms with Crippen LogP contribution in [0.15, 0.2) is 48.6 Å². The zero-order valence-electron chi connectivity index (χ0n) is 49.2. The minimum atomic E-state index is -1.90. The number of aliphatic hydroxyl groups is 2. The Morgan fingerprint density at radius 2 is 0.779 bits per heavy atom. The number of rotatable bonds is 54. The van der Waals surface area contributed by atoms with Gasteiger partial charge in [0.2, 0.25) is 0 Å². The molecule has 6 atom stereocenters. The third-order valence-electron chi connectivity index (χ3n) is 14.4. The normalized spacial score (nSPS) is 18.3. The zero-order chi connectivity index (χ0) is 56.1. The Morgan fingerprint density at radius 3 is 1.19 bits per heavy atom. The lowest BCUT2D eigenvalue weighted by molar-refractivity contribution is -0.301. The molecule has 0 aliphatic carbocycles. The summed E-state index contributed by atoms with van der Waals surface area (Å²) in [6.07, 6.45) is 52.1. The summed E-state index contributed by atoms with van der Waals surface area (Å²) >= 11 is 0. The molecule has 6 unspecified atom stereocenters. The molecule has 1 heterocycles. The van der Waals surface area contributed by atoms with Gasteiger partial charge in [-0.25, -0.2) is 4.79 Å². The summed E-state index contributed by atoms with van der Waals surface area (Å²) in [5.41, 5.74) is 0. The average Bonchev–Trinajstić information content (AvgIpc) is 3.42. The van der Waals surface area contributed by atoms with Crippen LogP contribution in [0.4, 0.5) is 0 Å². The molecule has 0 aromatic rings. The van der Waals surface area contributed by atoms with Crippen LogP contribution in [0.1, 0.15) is 290 Å². The third-order valence-corrected chi connectivity index (χ3v) is 14.4. The predicted octanol–water partition coefficient (Wildman–Crippen LogP) is 16.6. The summed E-state index contributed by atoms with van der Waals surface area (Å²) in [6, 6.07) is 0. The number of ether oxygens (including phenoxy) is 5. The maximum Gasteiger partial charge on any atom is 0.335 e. The smallest absolute Gasteiger partial charge is 0.335 e. The highest BCUT2D eigenvalue weighted by atomic mass is 16.7. The number of esters is 3. The quantitative estimate of drug-likeness (QED) is 0.0228. The fourth-order valence-electron chi connectivity index (χ4n) is 9.49. The second-order valence-electron chi connectivity index (χ2n) is 21.7. The fourth-order valence-corrected chi connectivity index (χ4v) is 9.49. The number of carbonyl (C=O) groups excluding carboxylic acids is 3. The van der Waals surface area contributed by atoms with Gasteiger partial charge in [0.05, 0.1) is 6.61 Å². The highest BCUT2D eigenvalue weighted by Crippen LogP contribution is 2.27. The summed E-state index contributed by atoms with van der Waals surface area (Å²) in [7, 11) is 0. The van der Waals surface area contributed by atoms with Gasteiger partial charge in [0.1, 0.15) is 18.8 Å². The van der Waals surface area contributed by atoms with E-state index in [0.717, 1.165) is 116 Å². The van der Waals surface area contributed by atoms with Crippen molar-refractivity contribution in [2.24, 2.45) is 0 Å². The summed E-state index contributed by atoms with van der Waals surface area (Å²) in [5, 5.41) is 31.5. The number of hydrogen-bond donors (Lipinski definition) is 3. The van der Waals surface area contributed by atoms with E-state index in [2.05, 4.69) is 69.4 Å². The number of aliphatic carboxylic acids is 1. The molecule has 1 saturated heterocycles. The summed E-state index contributed by atoms with van der Waals surface area (Å²) in [6.45, 7) is 5.95. The number of carbonyl (C=O) groups is 4. The number of carboxylic acids is 1. The fraction of sp³-hybridized carbons (Fsp3) is 0.815. The standard InChI is InChI=1S/C65H114O12/c1-4-7-10-13-16-19-22-25-28-29-32-35-38-41-44-47-50-53-59(68)76-63-61(70)60(69)62(64(71)72)77-65(63)74-55-56(75-58(67)52-49-46-43-40-37-34-31-27-24-21-18-15-12-9-6-3)54-73-57(66)51-48-45-42-39-36-33-30-26-23-20-17-14-11-8-5-2/h17-18,20-21,26-27,30-31,56,60-63,65,69-70H,4-16,19,22-25,28-29,32-55H2,1-3H3,(H,71,72)/b20-17-,21-18-,30-26-,31-27-. The molecule has 0 saturated carbocycles. The van der Waals surface area contributed by atoms with Crippen LogP contribution in [0.3, 0.4) is 0 Å². The molecule has 12 nitrogen and oxygen atoms in total. The first-order chi connectivity index (χ1) is 37.6. The summed E-state index contributed by atoms with van der Waals surface area (Å²) in [5.74, 6) is -3.13. The van der Waals surface area contributed by atoms with Crippen molar-refractivity contribution < 1.29 is 58.2 Å². The third kappa shape index (κ3) is 43.2. The molecule has 3 N–H and O–H groups in total. The Labute approximate surface area is 469 Å². The van der Waals surface area contributed by atoms with Crippen LogP contribution in [0.25, 0.3) is 0 Å². The zero-order valence-corrected chi connectivity index (χ0v) is 49.2. The number of aliphatic hydroxyl groups excluding tert-OH is 2. The number of allylic oxidation sites excluding steroid dienone is 8. The molecular formula is C65H114O12. The molecule has 77 heavy (non-hydrogen) atoms. The largest absolute Gasteiger partial charge is 0.479 e. The second kappa shape index (κ2) is 53.3. The van der Waals surface area contributed by atoms with Gasteiger partial charge in [0.15, 0.2) is 24.6 Å². The number of unbranched alkanes of at least 4 members (excludes halogenated alkanes) is 32. The Kier molecular flexibility index (Phi) is 49.7. The van der Waals surface area contributed by atoms with Gasteiger partial charge in [-0.05, 0) is 83.5 Å². The van der Waals surface area contributed by atoms with Crippen molar-refractivity contribution >= 4 is 23.9 Å². The van der Waals surface area contributed by atoms with Crippen LogP contribution in [0.5, 0.6) is 0 Å². The first kappa shape index (κ1) is 71.7. The van der Waals surface area contributed by atoms with Gasteiger partial charge in [-0.2, -0.15) is 0 Å². The maximum atomic E-state index is 13.2. The average molecular weight is 1090 g/mol. The summed E-state index contributed by atoms with van der Waals surface area (Å²) < 4.78 is 28.5. The van der Waals surface area contributed by atoms with Crippen molar-refractivity contribution in [2.75, 3.05) is 13.2 Å². The van der Waals surface area contributed by atoms with E-state index in [4.69, 9.17) is 23.7 Å². The van der Waals surface area contributed by atoms with Gasteiger partial charge in [-0.3, -0.25) is 14.4 Å². The van der Waals surface area contributed by atoms with Crippen LogP contribution < -0.4 is 0 Å². The van der Waals surface area contributed by atoms with E-state index in [-0.39, 0.29) is 25.9 Å².